The SMILES string of the molecule is CCCCCC/C=C\C/C=C\CCCCCCCCCC(=O)OCCCCCCCCCCCCCCCCCCCCCCCCC(=O)NC(CO)C(O)/C=C/CCCCCCCCCCCCCCC. The van der Waals surface area contributed by atoms with E-state index in [0.29, 0.717) is 19.4 Å². The molecule has 0 rings (SSSR count). The van der Waals surface area contributed by atoms with Gasteiger partial charge in [0.05, 0.1) is 25.4 Å². The van der Waals surface area contributed by atoms with Gasteiger partial charge in [-0.05, 0) is 64.2 Å². The summed E-state index contributed by atoms with van der Waals surface area (Å²) in [5.41, 5.74) is 0. The molecule has 0 heterocycles. The second-order valence-electron chi connectivity index (χ2n) is 22.1. The molecule has 1 amide bonds. The number of hydrogen-bond acceptors (Lipinski definition) is 5. The van der Waals surface area contributed by atoms with Crippen LogP contribution in [0.2, 0.25) is 0 Å². The second kappa shape index (κ2) is 61.6. The van der Waals surface area contributed by atoms with E-state index < -0.39 is 12.1 Å². The molecule has 72 heavy (non-hydrogen) atoms. The fourth-order valence-corrected chi connectivity index (χ4v) is 9.96. The Morgan fingerprint density at radius 1 is 0.389 bits per heavy atom. The van der Waals surface area contributed by atoms with Crippen LogP contribution < -0.4 is 5.32 Å². The number of esters is 1. The standard InChI is InChI=1S/C66H125NO5/c1-3-5-7-9-11-13-15-17-19-20-28-32-36-40-44-48-52-56-60-66(71)72-61-57-53-49-45-41-37-33-29-26-24-22-21-23-25-27-31-35-39-43-47-51-55-59-65(70)67-63(62-68)64(69)58-54-50-46-42-38-34-30-18-16-14-12-10-8-6-4-2/h13,15,19-20,54,58,63-64,68-69H,3-12,14,16-18,21-53,55-57,59-62H2,1-2H3,(H,67,70)/b15-13-,20-19-,58-54+. The molecule has 0 bridgehead atoms. The average molecular weight is 1010 g/mol. The van der Waals surface area contributed by atoms with Crippen molar-refractivity contribution in [3.05, 3.63) is 36.5 Å². The zero-order valence-electron chi connectivity index (χ0n) is 48.4. The highest BCUT2D eigenvalue weighted by Gasteiger charge is 2.18. The van der Waals surface area contributed by atoms with Crippen molar-refractivity contribution >= 4 is 11.9 Å². The third-order valence-electron chi connectivity index (χ3n) is 14.9. The molecule has 0 aliphatic heterocycles. The Morgan fingerprint density at radius 2 is 0.694 bits per heavy atom. The van der Waals surface area contributed by atoms with Crippen molar-refractivity contribution in [3.8, 4) is 0 Å². The first-order chi connectivity index (χ1) is 35.5. The van der Waals surface area contributed by atoms with E-state index in [1.807, 2.05) is 6.08 Å². The number of ether oxygens (including phenoxy) is 1. The minimum Gasteiger partial charge on any atom is -0.466 e. The zero-order chi connectivity index (χ0) is 52.2. The molecular weight excluding hydrogens is 887 g/mol. The highest BCUT2D eigenvalue weighted by molar-refractivity contribution is 5.76. The molecule has 6 nitrogen and oxygen atoms in total. The molecule has 2 atom stereocenters. The Morgan fingerprint density at radius 3 is 1.07 bits per heavy atom. The van der Waals surface area contributed by atoms with Crippen LogP contribution >= 0.6 is 0 Å². The molecule has 3 N–H and O–H groups in total. The first kappa shape index (κ1) is 70.1. The number of carbonyl (C=O) groups excluding carboxylic acids is 2. The van der Waals surface area contributed by atoms with Gasteiger partial charge in [-0.3, -0.25) is 9.59 Å². The Kier molecular flexibility index (Phi) is 60.0. The lowest BCUT2D eigenvalue weighted by Gasteiger charge is -2.20. The van der Waals surface area contributed by atoms with Crippen LogP contribution in [0, 0.1) is 0 Å². The van der Waals surface area contributed by atoms with Crippen LogP contribution in [0.4, 0.5) is 0 Å². The topological polar surface area (TPSA) is 95.9 Å². The summed E-state index contributed by atoms with van der Waals surface area (Å²) >= 11 is 0. The lowest BCUT2D eigenvalue weighted by Crippen LogP contribution is -2.45. The summed E-state index contributed by atoms with van der Waals surface area (Å²) in [6.45, 7) is 4.90. The number of hydrogen-bond donors (Lipinski definition) is 3. The van der Waals surface area contributed by atoms with Crippen LogP contribution in [0.25, 0.3) is 0 Å². The smallest absolute Gasteiger partial charge is 0.305 e. The maximum Gasteiger partial charge on any atom is 0.305 e. The normalized spacial score (nSPS) is 12.8. The van der Waals surface area contributed by atoms with Crippen molar-refractivity contribution in [2.24, 2.45) is 0 Å². The molecule has 0 aromatic carbocycles. The monoisotopic (exact) mass is 1010 g/mol. The quantitative estimate of drug-likeness (QED) is 0.0320. The molecule has 0 saturated heterocycles. The molecule has 0 aliphatic carbocycles. The number of allylic oxidation sites excluding steroid dienone is 5. The molecule has 0 aromatic heterocycles. The maximum atomic E-state index is 12.5. The van der Waals surface area contributed by atoms with Crippen molar-refractivity contribution in [1.82, 2.24) is 5.32 Å². The Labute approximate surface area is 449 Å². The third-order valence-corrected chi connectivity index (χ3v) is 14.9. The van der Waals surface area contributed by atoms with Crippen molar-refractivity contribution < 1.29 is 24.5 Å². The van der Waals surface area contributed by atoms with E-state index in [1.165, 1.54) is 270 Å². The molecule has 0 aliphatic rings. The molecule has 0 saturated carbocycles. The summed E-state index contributed by atoms with van der Waals surface area (Å²) in [4.78, 5) is 24.6. The molecule has 0 fully saturated rings. The van der Waals surface area contributed by atoms with Gasteiger partial charge in [0.2, 0.25) is 5.91 Å². The number of amides is 1. The molecule has 424 valence electrons. The summed E-state index contributed by atoms with van der Waals surface area (Å²) in [7, 11) is 0. The van der Waals surface area contributed by atoms with Gasteiger partial charge >= 0.3 is 5.97 Å². The summed E-state index contributed by atoms with van der Waals surface area (Å²) in [5.74, 6) is -0.0613. The van der Waals surface area contributed by atoms with Crippen molar-refractivity contribution in [1.29, 1.82) is 0 Å². The van der Waals surface area contributed by atoms with E-state index in [-0.39, 0.29) is 18.5 Å². The van der Waals surface area contributed by atoms with Gasteiger partial charge in [0.25, 0.3) is 0 Å². The van der Waals surface area contributed by atoms with Gasteiger partial charge in [0, 0.05) is 12.8 Å². The van der Waals surface area contributed by atoms with E-state index in [1.54, 1.807) is 6.08 Å². The minimum atomic E-state index is -0.845. The summed E-state index contributed by atoms with van der Waals surface area (Å²) in [6.07, 6.45) is 77.6. The van der Waals surface area contributed by atoms with E-state index in [0.717, 1.165) is 51.4 Å². The molecule has 0 aromatic rings. The summed E-state index contributed by atoms with van der Waals surface area (Å²) < 4.78 is 5.50. The van der Waals surface area contributed by atoms with Crippen LogP contribution in [0.1, 0.15) is 348 Å². The van der Waals surface area contributed by atoms with E-state index in [9.17, 15) is 19.8 Å². The Bertz CT molecular complexity index is 1170. The van der Waals surface area contributed by atoms with Crippen LogP contribution in [-0.4, -0.2) is 47.4 Å². The largest absolute Gasteiger partial charge is 0.466 e. The van der Waals surface area contributed by atoms with Crippen LogP contribution in [0.5, 0.6) is 0 Å². The number of aliphatic hydroxyl groups excluding tert-OH is 2. The van der Waals surface area contributed by atoms with Gasteiger partial charge in [0.15, 0.2) is 0 Å². The van der Waals surface area contributed by atoms with Crippen molar-refractivity contribution in [2.45, 2.75) is 360 Å². The number of aliphatic hydroxyl groups is 2. The molecule has 6 heteroatoms. The summed E-state index contributed by atoms with van der Waals surface area (Å²) in [5, 5.41) is 23.1. The number of rotatable bonds is 60. The number of unbranched alkanes of at least 4 members (excludes halogenated alkanes) is 45. The van der Waals surface area contributed by atoms with Crippen LogP contribution in [-0.2, 0) is 14.3 Å². The highest BCUT2D eigenvalue weighted by atomic mass is 16.5. The highest BCUT2D eigenvalue weighted by Crippen LogP contribution is 2.18. The zero-order valence-corrected chi connectivity index (χ0v) is 48.4. The lowest BCUT2D eigenvalue weighted by atomic mass is 10.0. The predicted molar refractivity (Wildman–Crippen MR) is 315 cm³/mol. The van der Waals surface area contributed by atoms with Gasteiger partial charge < -0.3 is 20.3 Å². The number of carbonyl (C=O) groups is 2. The van der Waals surface area contributed by atoms with E-state index in [4.69, 9.17) is 4.74 Å². The fraction of sp³-hybridized carbons (Fsp3) is 0.879. The first-order valence-electron chi connectivity index (χ1n) is 32.3. The molecule has 0 spiro atoms. The molecular formula is C66H125NO5. The fourth-order valence-electron chi connectivity index (χ4n) is 9.96. The van der Waals surface area contributed by atoms with Gasteiger partial charge in [-0.1, -0.05) is 307 Å². The lowest BCUT2D eigenvalue weighted by molar-refractivity contribution is -0.143. The second-order valence-corrected chi connectivity index (χ2v) is 22.1. The third kappa shape index (κ3) is 57.4. The van der Waals surface area contributed by atoms with Gasteiger partial charge in [-0.25, -0.2) is 0 Å². The minimum absolute atomic E-state index is 0.00555. The molecule has 0 radical (unpaired) electrons. The van der Waals surface area contributed by atoms with Crippen LogP contribution in [0.15, 0.2) is 36.5 Å². The summed E-state index contributed by atoms with van der Waals surface area (Å²) in [6, 6.07) is -0.628. The number of nitrogens with one attached hydrogen (secondary N) is 1. The first-order valence-corrected chi connectivity index (χ1v) is 32.3. The van der Waals surface area contributed by atoms with Crippen molar-refractivity contribution in [3.63, 3.8) is 0 Å². The van der Waals surface area contributed by atoms with Crippen LogP contribution in [0.3, 0.4) is 0 Å². The van der Waals surface area contributed by atoms with Crippen molar-refractivity contribution in [2.75, 3.05) is 13.2 Å². The van der Waals surface area contributed by atoms with Gasteiger partial charge in [-0.15, -0.1) is 0 Å². The van der Waals surface area contributed by atoms with E-state index in [2.05, 4.69) is 43.5 Å². The predicted octanol–water partition coefficient (Wildman–Crippen LogP) is 20.4. The maximum absolute atomic E-state index is 12.5. The van der Waals surface area contributed by atoms with Gasteiger partial charge in [0.1, 0.15) is 0 Å². The molecule has 2 unspecified atom stereocenters. The average Bonchev–Trinajstić information content (AvgIpc) is 3.38. The Hall–Kier alpha value is -1.92. The Balaban J connectivity index is 3.39. The van der Waals surface area contributed by atoms with Gasteiger partial charge in [-0.2, -0.15) is 0 Å². The van der Waals surface area contributed by atoms with E-state index >= 15 is 0 Å².